The molecule has 2 unspecified atom stereocenters. The van der Waals surface area contributed by atoms with E-state index in [4.69, 9.17) is 4.74 Å². The van der Waals surface area contributed by atoms with Crippen molar-refractivity contribution in [2.45, 2.75) is 25.1 Å². The van der Waals surface area contributed by atoms with E-state index in [-0.39, 0.29) is 37.0 Å². The fourth-order valence-electron chi connectivity index (χ4n) is 3.95. The lowest BCUT2D eigenvalue weighted by Gasteiger charge is -2.23. The van der Waals surface area contributed by atoms with Gasteiger partial charge in [0.05, 0.1) is 17.1 Å². The van der Waals surface area contributed by atoms with Crippen molar-refractivity contribution >= 4 is 33.7 Å². The van der Waals surface area contributed by atoms with E-state index in [1.54, 1.807) is 41.0 Å². The van der Waals surface area contributed by atoms with Gasteiger partial charge in [0.1, 0.15) is 12.6 Å². The number of carboxylic acids is 1. The number of fused-ring (bicyclic) bond motifs is 2. The van der Waals surface area contributed by atoms with Crippen LogP contribution in [0.3, 0.4) is 0 Å². The van der Waals surface area contributed by atoms with Crippen molar-refractivity contribution < 1.29 is 19.4 Å². The third-order valence-electron chi connectivity index (χ3n) is 5.37. The van der Waals surface area contributed by atoms with Crippen LogP contribution in [-0.2, 0) is 20.9 Å². The maximum absolute atomic E-state index is 13.1. The molecular weight excluding hydrogens is 360 g/mol. The molecule has 7 nitrogen and oxygen atoms in total. The first kappa shape index (κ1) is 18.2. The predicted molar refractivity (Wildman–Crippen MR) is 104 cm³/mol. The highest BCUT2D eigenvalue weighted by Gasteiger charge is 2.39. The normalized spacial score (nSPS) is 19.4. The number of carboxylic acid groups (broad SMARTS) is 1. The summed E-state index contributed by atoms with van der Waals surface area (Å²) in [6, 6.07) is 13.4. The van der Waals surface area contributed by atoms with Crippen LogP contribution in [0.2, 0.25) is 0 Å². The lowest BCUT2D eigenvalue weighted by molar-refractivity contribution is -0.148. The van der Waals surface area contributed by atoms with Gasteiger partial charge in [0.2, 0.25) is 5.91 Å². The molecule has 3 aromatic rings. The number of hydrogen-bond donors (Lipinski definition) is 1. The smallest absolute Gasteiger partial charge is 0.326 e. The maximum atomic E-state index is 13.1. The van der Waals surface area contributed by atoms with Gasteiger partial charge in [-0.15, -0.1) is 0 Å². The van der Waals surface area contributed by atoms with Crippen LogP contribution >= 0.6 is 0 Å². The number of hydrogen-bond acceptors (Lipinski definition) is 4. The van der Waals surface area contributed by atoms with E-state index < -0.39 is 12.0 Å². The second-order valence-electron chi connectivity index (χ2n) is 6.94. The molecule has 1 amide bonds. The number of para-hydroxylation sites is 2. The summed E-state index contributed by atoms with van der Waals surface area (Å²) in [6.45, 7) is 0.184. The maximum Gasteiger partial charge on any atom is 0.326 e. The highest BCUT2D eigenvalue weighted by molar-refractivity contribution is 5.95. The predicted octanol–water partition coefficient (Wildman–Crippen LogP) is 1.86. The molecule has 0 radical (unpaired) electrons. The van der Waals surface area contributed by atoms with Gasteiger partial charge in [-0.3, -0.25) is 9.59 Å². The van der Waals surface area contributed by atoms with Crippen molar-refractivity contribution in [3.05, 3.63) is 58.8 Å². The monoisotopic (exact) mass is 380 g/mol. The number of amides is 1. The summed E-state index contributed by atoms with van der Waals surface area (Å²) in [7, 11) is 1.51. The highest BCUT2D eigenvalue weighted by atomic mass is 16.5. The molecule has 1 aliphatic heterocycles. The number of likely N-dealkylation sites (tertiary alicyclic amines) is 1. The fourth-order valence-corrected chi connectivity index (χ4v) is 3.95. The van der Waals surface area contributed by atoms with Crippen LogP contribution in [0.4, 0.5) is 0 Å². The van der Waals surface area contributed by atoms with Crippen LogP contribution in [-0.4, -0.2) is 52.3 Å². The quantitative estimate of drug-likeness (QED) is 0.698. The van der Waals surface area contributed by atoms with E-state index in [1.807, 2.05) is 12.1 Å². The first-order valence-electron chi connectivity index (χ1n) is 9.06. The minimum Gasteiger partial charge on any atom is -0.480 e. The van der Waals surface area contributed by atoms with E-state index in [0.29, 0.717) is 21.8 Å². The average Bonchev–Trinajstić information content (AvgIpc) is 3.16. The molecule has 7 heteroatoms. The molecule has 1 aromatic heterocycles. The summed E-state index contributed by atoms with van der Waals surface area (Å²) in [5, 5.41) is 10.5. The van der Waals surface area contributed by atoms with Crippen molar-refractivity contribution in [3.8, 4) is 0 Å². The number of aromatic nitrogens is 1. The van der Waals surface area contributed by atoms with Crippen LogP contribution in [0.25, 0.3) is 21.8 Å². The number of carbonyl (C=O) groups is 2. The molecule has 4 rings (SSSR count). The molecule has 28 heavy (non-hydrogen) atoms. The molecule has 0 saturated carbocycles. The Bertz CT molecular complexity index is 1080. The van der Waals surface area contributed by atoms with Crippen molar-refractivity contribution in [1.29, 1.82) is 0 Å². The van der Waals surface area contributed by atoms with Crippen LogP contribution < -0.4 is 5.43 Å². The molecular formula is C21H20N2O5. The minimum atomic E-state index is -1.04. The third kappa shape index (κ3) is 2.93. The standard InChI is InChI=1S/C21H20N2O5/c1-28-13-10-18(21(26)27)23(11-13)19(24)12-22-16-8-4-2-6-14(16)20(25)15-7-3-5-9-17(15)22/h2-9,13,18H,10-12H2,1H3,(H,26,27). The van der Waals surface area contributed by atoms with Gasteiger partial charge in [-0.05, 0) is 24.3 Å². The number of rotatable bonds is 4. The zero-order chi connectivity index (χ0) is 19.8. The average molecular weight is 380 g/mol. The van der Waals surface area contributed by atoms with Gasteiger partial charge in [-0.1, -0.05) is 24.3 Å². The highest BCUT2D eigenvalue weighted by Crippen LogP contribution is 2.23. The fraction of sp³-hybridized carbons (Fsp3) is 0.286. The molecule has 2 aromatic carbocycles. The lowest BCUT2D eigenvalue weighted by Crippen LogP contribution is -2.42. The summed E-state index contributed by atoms with van der Waals surface area (Å²) < 4.78 is 7.06. The Hall–Kier alpha value is -3.19. The Balaban J connectivity index is 1.81. The van der Waals surface area contributed by atoms with E-state index in [1.165, 1.54) is 12.0 Å². The number of nitrogens with zero attached hydrogens (tertiary/aromatic N) is 2. The minimum absolute atomic E-state index is 0.0540. The first-order chi connectivity index (χ1) is 13.5. The molecule has 1 aliphatic rings. The zero-order valence-corrected chi connectivity index (χ0v) is 15.4. The van der Waals surface area contributed by atoms with Crippen molar-refractivity contribution in [2.75, 3.05) is 13.7 Å². The van der Waals surface area contributed by atoms with Gasteiger partial charge in [-0.25, -0.2) is 4.79 Å². The number of benzene rings is 2. The molecule has 1 saturated heterocycles. The molecule has 1 N–H and O–H groups in total. The van der Waals surface area contributed by atoms with E-state index >= 15 is 0 Å². The summed E-state index contributed by atoms with van der Waals surface area (Å²) in [6.07, 6.45) is -0.0315. The largest absolute Gasteiger partial charge is 0.480 e. The number of carbonyl (C=O) groups excluding carboxylic acids is 1. The Labute approximate surface area is 160 Å². The van der Waals surface area contributed by atoms with Crippen LogP contribution in [0.5, 0.6) is 0 Å². The zero-order valence-electron chi connectivity index (χ0n) is 15.4. The van der Waals surface area contributed by atoms with Crippen molar-refractivity contribution in [2.24, 2.45) is 0 Å². The lowest BCUT2D eigenvalue weighted by atomic mass is 10.1. The van der Waals surface area contributed by atoms with Crippen LogP contribution in [0.15, 0.2) is 53.3 Å². The van der Waals surface area contributed by atoms with Crippen LogP contribution in [0.1, 0.15) is 6.42 Å². The molecule has 2 heterocycles. The molecule has 144 valence electrons. The second-order valence-corrected chi connectivity index (χ2v) is 6.94. The number of pyridine rings is 1. The van der Waals surface area contributed by atoms with Crippen LogP contribution in [0, 0.1) is 0 Å². The van der Waals surface area contributed by atoms with E-state index in [2.05, 4.69) is 0 Å². The Kier molecular flexibility index (Phi) is 4.60. The van der Waals surface area contributed by atoms with Crippen molar-refractivity contribution in [3.63, 3.8) is 0 Å². The van der Waals surface area contributed by atoms with Gasteiger partial charge < -0.3 is 19.3 Å². The van der Waals surface area contributed by atoms with Gasteiger partial charge >= 0.3 is 5.97 Å². The second kappa shape index (κ2) is 7.09. The number of aliphatic carboxylic acids is 1. The van der Waals surface area contributed by atoms with E-state index in [9.17, 15) is 19.5 Å². The summed E-state index contributed by atoms with van der Waals surface area (Å²) >= 11 is 0. The first-order valence-corrected chi connectivity index (χ1v) is 9.06. The molecule has 0 spiro atoms. The van der Waals surface area contributed by atoms with Gasteiger partial charge in [0.25, 0.3) is 0 Å². The Morgan fingerprint density at radius 1 is 1.07 bits per heavy atom. The van der Waals surface area contributed by atoms with Gasteiger partial charge in [-0.2, -0.15) is 0 Å². The van der Waals surface area contributed by atoms with Crippen molar-refractivity contribution in [1.82, 2.24) is 9.47 Å². The number of methoxy groups -OCH3 is 1. The number of ether oxygens (including phenoxy) is 1. The Morgan fingerprint density at radius 2 is 1.64 bits per heavy atom. The van der Waals surface area contributed by atoms with E-state index in [0.717, 1.165) is 0 Å². The SMILES string of the molecule is COC1CC(C(=O)O)N(C(=O)Cn2c3ccccc3c(=O)c3ccccc32)C1. The summed E-state index contributed by atoms with van der Waals surface area (Å²) in [5.41, 5.74) is 1.21. The van der Waals surface area contributed by atoms with Gasteiger partial charge in [0.15, 0.2) is 5.43 Å². The molecule has 2 atom stereocenters. The molecule has 1 fully saturated rings. The summed E-state index contributed by atoms with van der Waals surface area (Å²) in [4.78, 5) is 38.8. The molecule has 0 aliphatic carbocycles. The Morgan fingerprint density at radius 3 is 2.18 bits per heavy atom. The molecule has 0 bridgehead atoms. The third-order valence-corrected chi connectivity index (χ3v) is 5.37. The topological polar surface area (TPSA) is 88.8 Å². The van der Waals surface area contributed by atoms with Gasteiger partial charge in [0, 0.05) is 30.8 Å². The summed E-state index contributed by atoms with van der Waals surface area (Å²) in [5.74, 6) is -1.35.